The molecule has 0 saturated carbocycles. The first kappa shape index (κ1) is 15.4. The summed E-state index contributed by atoms with van der Waals surface area (Å²) in [5.74, 6) is 0.140. The molecular formula is C14H13NO7S. The van der Waals surface area contributed by atoms with E-state index in [1.54, 1.807) is 0 Å². The fourth-order valence-electron chi connectivity index (χ4n) is 2.14. The molecule has 0 fully saturated rings. The van der Waals surface area contributed by atoms with Crippen LogP contribution in [0.3, 0.4) is 0 Å². The Balaban J connectivity index is 1.76. The number of carbonyl (C=O) groups is 1. The third-order valence-electron chi connectivity index (χ3n) is 3.29. The van der Waals surface area contributed by atoms with Crippen LogP contribution in [0, 0.1) is 6.92 Å². The molecular weight excluding hydrogens is 326 g/mol. The minimum absolute atomic E-state index is 0.00211. The number of hydrogen-bond acceptors (Lipinski definition) is 6. The molecule has 0 aliphatic carbocycles. The van der Waals surface area contributed by atoms with Gasteiger partial charge in [-0.3, -0.25) is 0 Å². The number of carboxylic acid groups (broad SMARTS) is 1. The Kier molecular flexibility index (Phi) is 3.74. The van der Waals surface area contributed by atoms with Gasteiger partial charge >= 0.3 is 5.97 Å². The Hall–Kier alpha value is -2.52. The number of nitrogens with one attached hydrogen (secondary N) is 1. The van der Waals surface area contributed by atoms with E-state index in [1.165, 1.54) is 31.2 Å². The summed E-state index contributed by atoms with van der Waals surface area (Å²) in [5.41, 5.74) is 0.00211. The van der Waals surface area contributed by atoms with E-state index in [0.29, 0.717) is 11.5 Å². The van der Waals surface area contributed by atoms with Crippen LogP contribution in [0.15, 0.2) is 33.6 Å². The fourth-order valence-corrected chi connectivity index (χ4v) is 3.14. The molecule has 0 radical (unpaired) electrons. The number of rotatable bonds is 5. The molecule has 2 N–H and O–H groups in total. The molecule has 2 aromatic rings. The van der Waals surface area contributed by atoms with Crippen LogP contribution >= 0.6 is 0 Å². The first-order chi connectivity index (χ1) is 10.9. The smallest absolute Gasteiger partial charge is 0.339 e. The average molecular weight is 339 g/mol. The van der Waals surface area contributed by atoms with Gasteiger partial charge in [-0.1, -0.05) is 0 Å². The molecule has 1 aromatic heterocycles. The van der Waals surface area contributed by atoms with Gasteiger partial charge in [0.15, 0.2) is 11.5 Å². The molecule has 0 amide bonds. The number of sulfonamides is 1. The second-order valence-corrected chi connectivity index (χ2v) is 6.59. The van der Waals surface area contributed by atoms with Crippen LogP contribution in [0.2, 0.25) is 0 Å². The molecule has 2 heterocycles. The van der Waals surface area contributed by atoms with Crippen molar-refractivity contribution in [3.63, 3.8) is 0 Å². The van der Waals surface area contributed by atoms with Crippen molar-refractivity contribution < 1.29 is 32.2 Å². The zero-order valence-corrected chi connectivity index (χ0v) is 12.8. The lowest BCUT2D eigenvalue weighted by molar-refractivity contribution is 0.0695. The lowest BCUT2D eigenvalue weighted by Crippen LogP contribution is -2.23. The molecule has 1 aromatic carbocycles. The van der Waals surface area contributed by atoms with Crippen molar-refractivity contribution in [3.05, 3.63) is 41.3 Å². The van der Waals surface area contributed by atoms with E-state index in [4.69, 9.17) is 19.0 Å². The van der Waals surface area contributed by atoms with E-state index < -0.39 is 16.0 Å². The van der Waals surface area contributed by atoms with Gasteiger partial charge in [-0.15, -0.1) is 0 Å². The Morgan fingerprint density at radius 3 is 2.70 bits per heavy atom. The van der Waals surface area contributed by atoms with Gasteiger partial charge < -0.3 is 19.0 Å². The van der Waals surface area contributed by atoms with E-state index in [0.717, 1.165) is 0 Å². The second-order valence-electron chi connectivity index (χ2n) is 4.83. The number of aromatic carboxylic acids is 1. The standard InChI is InChI=1S/C14H13NO7S/c1-8-11(14(16)17)4-9(22-8)6-15-23(18,19)10-2-3-12-13(5-10)21-7-20-12/h2-5,15H,6-7H2,1H3,(H,16,17). The van der Waals surface area contributed by atoms with Crippen LogP contribution in [-0.4, -0.2) is 26.3 Å². The minimum Gasteiger partial charge on any atom is -0.478 e. The van der Waals surface area contributed by atoms with Gasteiger partial charge in [-0.2, -0.15) is 0 Å². The normalized spacial score (nSPS) is 13.3. The van der Waals surface area contributed by atoms with E-state index in [2.05, 4.69) is 4.72 Å². The van der Waals surface area contributed by atoms with Crippen molar-refractivity contribution in [2.75, 3.05) is 6.79 Å². The summed E-state index contributed by atoms with van der Waals surface area (Å²) in [6, 6.07) is 5.56. The van der Waals surface area contributed by atoms with Crippen LogP contribution < -0.4 is 14.2 Å². The number of fused-ring (bicyclic) bond motifs is 1. The van der Waals surface area contributed by atoms with Crippen LogP contribution in [-0.2, 0) is 16.6 Å². The predicted molar refractivity (Wildman–Crippen MR) is 77.0 cm³/mol. The number of benzene rings is 1. The van der Waals surface area contributed by atoms with Crippen molar-refractivity contribution in [3.8, 4) is 11.5 Å². The zero-order valence-electron chi connectivity index (χ0n) is 12.0. The third kappa shape index (κ3) is 3.01. The molecule has 8 nitrogen and oxygen atoms in total. The summed E-state index contributed by atoms with van der Waals surface area (Å²) in [5, 5.41) is 8.95. The number of carboxylic acids is 1. The summed E-state index contributed by atoms with van der Waals surface area (Å²) < 4.78 is 42.4. The zero-order chi connectivity index (χ0) is 16.6. The minimum atomic E-state index is -3.80. The highest BCUT2D eigenvalue weighted by Crippen LogP contribution is 2.33. The van der Waals surface area contributed by atoms with Crippen molar-refractivity contribution in [2.24, 2.45) is 0 Å². The highest BCUT2D eigenvalue weighted by atomic mass is 32.2. The van der Waals surface area contributed by atoms with Gasteiger partial charge in [0, 0.05) is 6.07 Å². The molecule has 122 valence electrons. The SMILES string of the molecule is Cc1oc(CNS(=O)(=O)c2ccc3c(c2)OCO3)cc1C(=O)O. The maximum absolute atomic E-state index is 12.3. The Bertz CT molecular complexity index is 869. The first-order valence-electron chi connectivity index (χ1n) is 6.59. The average Bonchev–Trinajstić information content (AvgIpc) is 3.10. The molecule has 0 saturated heterocycles. The number of aryl methyl sites for hydroxylation is 1. The van der Waals surface area contributed by atoms with E-state index in [-0.39, 0.29) is 35.3 Å². The number of ether oxygens (including phenoxy) is 2. The number of furan rings is 1. The van der Waals surface area contributed by atoms with E-state index in [1.807, 2.05) is 0 Å². The number of hydrogen-bond donors (Lipinski definition) is 2. The van der Waals surface area contributed by atoms with Gasteiger partial charge in [0.2, 0.25) is 16.8 Å². The van der Waals surface area contributed by atoms with Crippen LogP contribution in [0.4, 0.5) is 0 Å². The molecule has 0 bridgehead atoms. The summed E-state index contributed by atoms with van der Waals surface area (Å²) in [4.78, 5) is 11.0. The summed E-state index contributed by atoms with van der Waals surface area (Å²) in [6.07, 6.45) is 0. The highest BCUT2D eigenvalue weighted by Gasteiger charge is 2.21. The topological polar surface area (TPSA) is 115 Å². The quantitative estimate of drug-likeness (QED) is 0.848. The van der Waals surface area contributed by atoms with Gasteiger partial charge in [-0.25, -0.2) is 17.9 Å². The second kappa shape index (κ2) is 5.60. The van der Waals surface area contributed by atoms with Crippen molar-refractivity contribution >= 4 is 16.0 Å². The first-order valence-corrected chi connectivity index (χ1v) is 8.07. The molecule has 0 unspecified atom stereocenters. The third-order valence-corrected chi connectivity index (χ3v) is 4.69. The van der Waals surface area contributed by atoms with E-state index in [9.17, 15) is 13.2 Å². The van der Waals surface area contributed by atoms with Crippen LogP contribution in [0.1, 0.15) is 21.9 Å². The predicted octanol–water partition coefficient (Wildman–Crippen LogP) is 1.49. The lowest BCUT2D eigenvalue weighted by Gasteiger charge is -2.06. The van der Waals surface area contributed by atoms with Gasteiger partial charge in [0.25, 0.3) is 0 Å². The maximum atomic E-state index is 12.3. The highest BCUT2D eigenvalue weighted by molar-refractivity contribution is 7.89. The molecule has 23 heavy (non-hydrogen) atoms. The van der Waals surface area contributed by atoms with Crippen molar-refractivity contribution in [1.29, 1.82) is 0 Å². The van der Waals surface area contributed by atoms with Crippen molar-refractivity contribution in [1.82, 2.24) is 4.72 Å². The molecule has 1 aliphatic heterocycles. The van der Waals surface area contributed by atoms with Crippen LogP contribution in [0.25, 0.3) is 0 Å². The Labute approximate surface area is 131 Å². The summed E-state index contributed by atoms with van der Waals surface area (Å²) in [6.45, 7) is 1.39. The Morgan fingerprint density at radius 1 is 1.26 bits per heavy atom. The maximum Gasteiger partial charge on any atom is 0.339 e. The summed E-state index contributed by atoms with van der Waals surface area (Å²) in [7, 11) is -3.80. The molecule has 1 aliphatic rings. The monoisotopic (exact) mass is 339 g/mol. The summed E-state index contributed by atoms with van der Waals surface area (Å²) >= 11 is 0. The van der Waals surface area contributed by atoms with E-state index >= 15 is 0 Å². The molecule has 0 spiro atoms. The molecule has 3 rings (SSSR count). The van der Waals surface area contributed by atoms with Gasteiger partial charge in [0.1, 0.15) is 17.1 Å². The van der Waals surface area contributed by atoms with Crippen molar-refractivity contribution in [2.45, 2.75) is 18.4 Å². The molecule has 0 atom stereocenters. The largest absolute Gasteiger partial charge is 0.478 e. The molecule has 9 heteroatoms. The Morgan fingerprint density at radius 2 is 2.00 bits per heavy atom. The lowest BCUT2D eigenvalue weighted by atomic mass is 10.2. The fraction of sp³-hybridized carbons (Fsp3) is 0.214. The van der Waals surface area contributed by atoms with Gasteiger partial charge in [-0.05, 0) is 25.1 Å². The van der Waals surface area contributed by atoms with Crippen LogP contribution in [0.5, 0.6) is 11.5 Å². The van der Waals surface area contributed by atoms with Gasteiger partial charge in [0.05, 0.1) is 11.4 Å².